The summed E-state index contributed by atoms with van der Waals surface area (Å²) in [5.74, 6) is -0.840. The minimum absolute atomic E-state index is 0.0975. The van der Waals surface area contributed by atoms with Gasteiger partial charge in [0.15, 0.2) is 5.82 Å². The lowest BCUT2D eigenvalue weighted by molar-refractivity contribution is 0.0697. The number of aromatic nitrogens is 3. The average molecular weight is 205 g/mol. The van der Waals surface area contributed by atoms with Crippen molar-refractivity contribution in [2.45, 2.75) is 0 Å². The van der Waals surface area contributed by atoms with Crippen LogP contribution >= 0.6 is 0 Å². The van der Waals surface area contributed by atoms with E-state index in [-0.39, 0.29) is 11.4 Å². The van der Waals surface area contributed by atoms with Crippen LogP contribution < -0.4 is 5.69 Å². The molecule has 0 saturated carbocycles. The maximum atomic E-state index is 10.9. The van der Waals surface area contributed by atoms with E-state index in [1.807, 2.05) is 0 Å². The van der Waals surface area contributed by atoms with Crippen molar-refractivity contribution < 1.29 is 9.90 Å². The number of nitrogens with one attached hydrogen (secondary N) is 2. The van der Waals surface area contributed by atoms with Crippen LogP contribution in [0.2, 0.25) is 0 Å². The van der Waals surface area contributed by atoms with Gasteiger partial charge in [-0.2, -0.15) is 5.10 Å². The van der Waals surface area contributed by atoms with E-state index in [0.717, 1.165) is 0 Å². The number of carboxylic acid groups (broad SMARTS) is 1. The van der Waals surface area contributed by atoms with Gasteiger partial charge in [0.1, 0.15) is 0 Å². The fraction of sp³-hybridized carbons (Fsp3) is 0. The van der Waals surface area contributed by atoms with Gasteiger partial charge in [0.2, 0.25) is 0 Å². The Kier molecular flexibility index (Phi) is 2.09. The average Bonchev–Trinajstić information content (AvgIpc) is 2.65. The molecule has 76 valence electrons. The fourth-order valence-corrected chi connectivity index (χ4v) is 1.27. The van der Waals surface area contributed by atoms with E-state index in [1.54, 1.807) is 18.2 Å². The second-order valence-electron chi connectivity index (χ2n) is 2.88. The molecular weight excluding hydrogens is 198 g/mol. The van der Waals surface area contributed by atoms with Crippen molar-refractivity contribution in [2.75, 3.05) is 0 Å². The highest BCUT2D eigenvalue weighted by atomic mass is 16.4. The zero-order valence-corrected chi connectivity index (χ0v) is 7.52. The van der Waals surface area contributed by atoms with Crippen LogP contribution in [0.15, 0.2) is 29.1 Å². The van der Waals surface area contributed by atoms with E-state index < -0.39 is 11.7 Å². The molecule has 15 heavy (non-hydrogen) atoms. The Morgan fingerprint density at radius 2 is 2.07 bits per heavy atom. The number of aromatic amines is 2. The highest BCUT2D eigenvalue weighted by molar-refractivity contribution is 5.94. The number of aromatic carboxylic acids is 1. The summed E-state index contributed by atoms with van der Waals surface area (Å²) in [5, 5.41) is 14.8. The van der Waals surface area contributed by atoms with Crippen molar-refractivity contribution in [1.29, 1.82) is 0 Å². The van der Waals surface area contributed by atoms with E-state index in [1.165, 1.54) is 6.07 Å². The van der Waals surface area contributed by atoms with Gasteiger partial charge >= 0.3 is 11.7 Å². The summed E-state index contributed by atoms with van der Waals surface area (Å²) in [6.45, 7) is 0. The van der Waals surface area contributed by atoms with Crippen LogP contribution in [0.5, 0.6) is 0 Å². The Bertz CT molecular complexity index is 555. The Balaban J connectivity index is 2.62. The molecule has 0 aliphatic heterocycles. The zero-order chi connectivity index (χ0) is 10.8. The van der Waals surface area contributed by atoms with Crippen LogP contribution in [0, 0.1) is 0 Å². The number of hydrogen-bond donors (Lipinski definition) is 3. The van der Waals surface area contributed by atoms with Crippen molar-refractivity contribution in [3.63, 3.8) is 0 Å². The molecule has 2 aromatic rings. The van der Waals surface area contributed by atoms with Crippen molar-refractivity contribution in [3.05, 3.63) is 40.3 Å². The lowest BCUT2D eigenvalue weighted by Gasteiger charge is -2.00. The topological polar surface area (TPSA) is 98.8 Å². The number of nitrogens with zero attached hydrogens (tertiary/aromatic N) is 1. The van der Waals surface area contributed by atoms with E-state index >= 15 is 0 Å². The first-order valence-electron chi connectivity index (χ1n) is 4.16. The number of hydrogen-bond acceptors (Lipinski definition) is 3. The molecule has 0 spiro atoms. The van der Waals surface area contributed by atoms with Gasteiger partial charge in [-0.15, -0.1) is 0 Å². The molecule has 0 fully saturated rings. The monoisotopic (exact) mass is 205 g/mol. The molecule has 0 amide bonds. The third kappa shape index (κ3) is 1.64. The summed E-state index contributed by atoms with van der Waals surface area (Å²) in [4.78, 5) is 24.1. The minimum atomic E-state index is -1.06. The van der Waals surface area contributed by atoms with Gasteiger partial charge in [0, 0.05) is 5.56 Å². The molecule has 0 atom stereocenters. The number of carboxylic acids is 1. The van der Waals surface area contributed by atoms with Gasteiger partial charge in [-0.25, -0.2) is 14.7 Å². The second-order valence-corrected chi connectivity index (χ2v) is 2.88. The molecule has 6 nitrogen and oxygen atoms in total. The summed E-state index contributed by atoms with van der Waals surface area (Å²) in [6.07, 6.45) is 0. The fourth-order valence-electron chi connectivity index (χ4n) is 1.27. The summed E-state index contributed by atoms with van der Waals surface area (Å²) in [5.41, 5.74) is 0.00814. The molecule has 0 aliphatic carbocycles. The predicted octanol–water partition coefficient (Wildman–Crippen LogP) is 0.463. The van der Waals surface area contributed by atoms with Crippen molar-refractivity contribution in [2.24, 2.45) is 0 Å². The standard InChI is InChI=1S/C9H7N3O3/c13-8(14)6-4-2-1-3-5(6)7-10-9(15)12-11-7/h1-4H,(H,13,14)(H2,10,11,12,15). The summed E-state index contributed by atoms with van der Waals surface area (Å²) in [6, 6.07) is 6.31. The Morgan fingerprint density at radius 3 is 2.67 bits per heavy atom. The van der Waals surface area contributed by atoms with Crippen molar-refractivity contribution in [3.8, 4) is 11.4 Å². The lowest BCUT2D eigenvalue weighted by Crippen LogP contribution is -2.02. The maximum absolute atomic E-state index is 10.9. The van der Waals surface area contributed by atoms with Gasteiger partial charge in [-0.1, -0.05) is 18.2 Å². The number of rotatable bonds is 2. The molecule has 0 unspecified atom stereocenters. The first-order chi connectivity index (χ1) is 7.18. The molecular formula is C9H7N3O3. The Hall–Kier alpha value is -2.37. The van der Waals surface area contributed by atoms with Gasteiger partial charge in [0.05, 0.1) is 5.56 Å². The molecule has 1 aromatic carbocycles. The molecule has 0 aliphatic rings. The molecule has 0 bridgehead atoms. The van der Waals surface area contributed by atoms with E-state index in [0.29, 0.717) is 5.56 Å². The van der Waals surface area contributed by atoms with Gasteiger partial charge in [-0.05, 0) is 6.07 Å². The molecule has 1 aromatic heterocycles. The second kappa shape index (κ2) is 3.41. The quantitative estimate of drug-likeness (QED) is 0.663. The molecule has 6 heteroatoms. The number of benzene rings is 1. The molecule has 0 radical (unpaired) electrons. The predicted molar refractivity (Wildman–Crippen MR) is 51.6 cm³/mol. The van der Waals surface area contributed by atoms with Gasteiger partial charge < -0.3 is 5.11 Å². The largest absolute Gasteiger partial charge is 0.478 e. The smallest absolute Gasteiger partial charge is 0.340 e. The van der Waals surface area contributed by atoms with Crippen LogP contribution in [0.25, 0.3) is 11.4 Å². The minimum Gasteiger partial charge on any atom is -0.478 e. The third-order valence-electron chi connectivity index (χ3n) is 1.91. The highest BCUT2D eigenvalue weighted by Crippen LogP contribution is 2.18. The molecule has 1 heterocycles. The van der Waals surface area contributed by atoms with E-state index in [2.05, 4.69) is 15.2 Å². The van der Waals surface area contributed by atoms with Crippen LogP contribution in [-0.2, 0) is 0 Å². The number of carbonyl (C=O) groups is 1. The molecule has 3 N–H and O–H groups in total. The first-order valence-corrected chi connectivity index (χ1v) is 4.16. The van der Waals surface area contributed by atoms with Crippen LogP contribution in [0.1, 0.15) is 10.4 Å². The van der Waals surface area contributed by atoms with Crippen molar-refractivity contribution >= 4 is 5.97 Å². The van der Waals surface area contributed by atoms with Crippen LogP contribution in [0.3, 0.4) is 0 Å². The maximum Gasteiger partial charge on any atom is 0.340 e. The van der Waals surface area contributed by atoms with E-state index in [4.69, 9.17) is 5.11 Å². The zero-order valence-electron chi connectivity index (χ0n) is 7.52. The lowest BCUT2D eigenvalue weighted by atomic mass is 10.1. The first kappa shape index (κ1) is 9.20. The van der Waals surface area contributed by atoms with E-state index in [9.17, 15) is 9.59 Å². The van der Waals surface area contributed by atoms with Gasteiger partial charge in [-0.3, -0.25) is 4.98 Å². The summed E-state index contributed by atoms with van der Waals surface area (Å²) in [7, 11) is 0. The SMILES string of the molecule is O=C(O)c1ccccc1-c1n[nH]c(=O)[nH]1. The van der Waals surface area contributed by atoms with Gasteiger partial charge in [0.25, 0.3) is 0 Å². The third-order valence-corrected chi connectivity index (χ3v) is 1.91. The van der Waals surface area contributed by atoms with Crippen LogP contribution in [0.4, 0.5) is 0 Å². The Morgan fingerprint density at radius 1 is 1.33 bits per heavy atom. The molecule has 0 saturated heterocycles. The number of H-pyrrole nitrogens is 2. The summed E-state index contributed by atoms with van der Waals surface area (Å²) < 4.78 is 0. The van der Waals surface area contributed by atoms with Crippen LogP contribution in [-0.4, -0.2) is 26.3 Å². The normalized spacial score (nSPS) is 10.1. The summed E-state index contributed by atoms with van der Waals surface area (Å²) >= 11 is 0. The Labute approximate surface area is 83.6 Å². The highest BCUT2D eigenvalue weighted by Gasteiger charge is 2.12. The molecule has 2 rings (SSSR count). The van der Waals surface area contributed by atoms with Crippen molar-refractivity contribution in [1.82, 2.24) is 15.2 Å².